The molecule has 5 heteroatoms. The maximum Gasteiger partial charge on any atom is 0.251 e. The highest BCUT2D eigenvalue weighted by Crippen LogP contribution is 2.17. The van der Waals surface area contributed by atoms with Crippen molar-refractivity contribution >= 4 is 21.8 Å². The third kappa shape index (κ3) is 5.41. The van der Waals surface area contributed by atoms with Crippen LogP contribution in [0.4, 0.5) is 0 Å². The summed E-state index contributed by atoms with van der Waals surface area (Å²) in [7, 11) is 0. The highest BCUT2D eigenvalue weighted by Gasteiger charge is 2.12. The van der Waals surface area contributed by atoms with Gasteiger partial charge in [0.1, 0.15) is 0 Å². The van der Waals surface area contributed by atoms with Gasteiger partial charge in [0.25, 0.3) is 5.91 Å². The predicted octanol–water partition coefficient (Wildman–Crippen LogP) is 2.65. The third-order valence-electron chi connectivity index (χ3n) is 3.68. The molecule has 4 nitrogen and oxygen atoms in total. The van der Waals surface area contributed by atoms with Crippen molar-refractivity contribution in [1.82, 2.24) is 10.6 Å². The summed E-state index contributed by atoms with van der Waals surface area (Å²) in [4.78, 5) is 12.0. The summed E-state index contributed by atoms with van der Waals surface area (Å²) in [6.45, 7) is 5.45. The molecule has 0 spiro atoms. The van der Waals surface area contributed by atoms with Gasteiger partial charge in [-0.15, -0.1) is 0 Å². The fraction of sp³-hybridized carbons (Fsp3) is 0.562. The zero-order valence-electron chi connectivity index (χ0n) is 12.5. The van der Waals surface area contributed by atoms with Crippen molar-refractivity contribution in [3.63, 3.8) is 0 Å². The van der Waals surface area contributed by atoms with Crippen LogP contribution in [-0.2, 0) is 4.74 Å². The number of hydrogen-bond acceptors (Lipinski definition) is 3. The molecule has 21 heavy (non-hydrogen) atoms. The molecule has 1 aliphatic heterocycles. The number of rotatable bonds is 6. The number of benzene rings is 1. The Hall–Kier alpha value is -0.910. The number of ether oxygens (including phenoxy) is 1. The highest BCUT2D eigenvalue weighted by molar-refractivity contribution is 9.10. The summed E-state index contributed by atoms with van der Waals surface area (Å²) in [6, 6.07) is 5.65. The maximum atomic E-state index is 12.0. The molecule has 0 atom stereocenters. The third-order valence-corrected chi connectivity index (χ3v) is 4.53. The summed E-state index contributed by atoms with van der Waals surface area (Å²) in [5.41, 5.74) is 1.81. The Morgan fingerprint density at radius 1 is 1.43 bits per heavy atom. The van der Waals surface area contributed by atoms with Crippen LogP contribution in [-0.4, -0.2) is 38.3 Å². The Morgan fingerprint density at radius 2 is 2.19 bits per heavy atom. The fourth-order valence-corrected chi connectivity index (χ4v) is 2.70. The lowest BCUT2D eigenvalue weighted by Crippen LogP contribution is -2.33. The van der Waals surface area contributed by atoms with Crippen LogP contribution < -0.4 is 10.6 Å². The van der Waals surface area contributed by atoms with Gasteiger partial charge in [-0.1, -0.05) is 22.0 Å². The second kappa shape index (κ2) is 8.51. The second-order valence-electron chi connectivity index (χ2n) is 5.39. The molecule has 0 unspecified atom stereocenters. The topological polar surface area (TPSA) is 50.4 Å². The van der Waals surface area contributed by atoms with E-state index in [1.54, 1.807) is 0 Å². The van der Waals surface area contributed by atoms with E-state index in [2.05, 4.69) is 26.6 Å². The number of hydrogen-bond donors (Lipinski definition) is 2. The smallest absolute Gasteiger partial charge is 0.251 e. The molecule has 0 aliphatic carbocycles. The molecule has 1 saturated heterocycles. The number of nitrogens with one attached hydrogen (secondary N) is 2. The van der Waals surface area contributed by atoms with Gasteiger partial charge in [-0.05, 0) is 57.0 Å². The van der Waals surface area contributed by atoms with Crippen LogP contribution in [0.25, 0.3) is 0 Å². The van der Waals surface area contributed by atoms with Gasteiger partial charge in [0.05, 0.1) is 6.10 Å². The van der Waals surface area contributed by atoms with Gasteiger partial charge in [0.2, 0.25) is 0 Å². The average molecular weight is 355 g/mol. The minimum atomic E-state index is -0.0300. The Labute approximate surface area is 134 Å². The number of amides is 1. The van der Waals surface area contributed by atoms with Gasteiger partial charge in [0.15, 0.2) is 0 Å². The van der Waals surface area contributed by atoms with Crippen LogP contribution in [0.15, 0.2) is 22.7 Å². The fourth-order valence-electron chi connectivity index (χ4n) is 2.32. The monoisotopic (exact) mass is 354 g/mol. The molecule has 116 valence electrons. The van der Waals surface area contributed by atoms with E-state index in [0.29, 0.717) is 24.8 Å². The van der Waals surface area contributed by atoms with Crippen molar-refractivity contribution in [1.29, 1.82) is 0 Å². The number of carbonyl (C=O) groups is 1. The first kappa shape index (κ1) is 16.5. The molecule has 2 rings (SSSR count). The Kier molecular flexibility index (Phi) is 6.67. The maximum absolute atomic E-state index is 12.0. The summed E-state index contributed by atoms with van der Waals surface area (Å²) < 4.78 is 6.77. The molecule has 1 aromatic rings. The van der Waals surface area contributed by atoms with Crippen molar-refractivity contribution in [2.24, 2.45) is 0 Å². The number of carbonyl (C=O) groups excluding carboxylic acids is 1. The molecular formula is C16H23BrN2O2. The van der Waals surface area contributed by atoms with Crippen LogP contribution in [0.1, 0.15) is 35.2 Å². The van der Waals surface area contributed by atoms with Crippen LogP contribution in [0.2, 0.25) is 0 Å². The van der Waals surface area contributed by atoms with E-state index in [-0.39, 0.29) is 5.91 Å². The molecular weight excluding hydrogens is 332 g/mol. The molecule has 2 N–H and O–H groups in total. The molecule has 1 aliphatic rings. The average Bonchev–Trinajstić information content (AvgIpc) is 2.50. The number of aryl methyl sites for hydroxylation is 1. The normalized spacial score (nSPS) is 15.9. The molecule has 0 aromatic heterocycles. The first-order chi connectivity index (χ1) is 10.2. The molecule has 0 bridgehead atoms. The summed E-state index contributed by atoms with van der Waals surface area (Å²) in [5, 5.41) is 6.25. The first-order valence-electron chi connectivity index (χ1n) is 7.53. The molecule has 0 saturated carbocycles. The van der Waals surface area contributed by atoms with Crippen LogP contribution in [0.3, 0.4) is 0 Å². The van der Waals surface area contributed by atoms with Crippen molar-refractivity contribution in [2.75, 3.05) is 26.2 Å². The summed E-state index contributed by atoms with van der Waals surface area (Å²) in [5.74, 6) is -0.0300. The van der Waals surface area contributed by atoms with Gasteiger partial charge in [0, 0.05) is 23.2 Å². The van der Waals surface area contributed by atoms with E-state index in [4.69, 9.17) is 4.74 Å². The lowest BCUT2D eigenvalue weighted by atomic mass is 10.1. The van der Waals surface area contributed by atoms with Gasteiger partial charge in [-0.2, -0.15) is 0 Å². The van der Waals surface area contributed by atoms with Gasteiger partial charge < -0.3 is 15.4 Å². The highest BCUT2D eigenvalue weighted by atomic mass is 79.9. The van der Waals surface area contributed by atoms with E-state index in [0.717, 1.165) is 42.4 Å². The van der Waals surface area contributed by atoms with E-state index < -0.39 is 0 Å². The van der Waals surface area contributed by atoms with Crippen molar-refractivity contribution in [2.45, 2.75) is 32.3 Å². The summed E-state index contributed by atoms with van der Waals surface area (Å²) in [6.07, 6.45) is 3.41. The lowest BCUT2D eigenvalue weighted by Gasteiger charge is -2.22. The van der Waals surface area contributed by atoms with E-state index in [1.807, 2.05) is 25.1 Å². The Bertz CT molecular complexity index is 473. The molecule has 0 radical (unpaired) electrons. The SMILES string of the molecule is Cc1ccc(C(=O)NCCCOC2CCNCC2)cc1Br. The summed E-state index contributed by atoms with van der Waals surface area (Å²) >= 11 is 3.45. The van der Waals surface area contributed by atoms with Gasteiger partial charge >= 0.3 is 0 Å². The Morgan fingerprint density at radius 3 is 2.90 bits per heavy atom. The van der Waals surface area contributed by atoms with Crippen LogP contribution >= 0.6 is 15.9 Å². The first-order valence-corrected chi connectivity index (χ1v) is 8.33. The molecule has 1 aromatic carbocycles. The Balaban J connectivity index is 1.63. The van der Waals surface area contributed by atoms with E-state index in [1.165, 1.54) is 0 Å². The predicted molar refractivity (Wildman–Crippen MR) is 87.7 cm³/mol. The molecule has 1 amide bonds. The minimum absolute atomic E-state index is 0.0300. The zero-order valence-corrected chi connectivity index (χ0v) is 14.0. The van der Waals surface area contributed by atoms with Crippen molar-refractivity contribution in [3.05, 3.63) is 33.8 Å². The second-order valence-corrected chi connectivity index (χ2v) is 6.25. The van der Waals surface area contributed by atoms with E-state index in [9.17, 15) is 4.79 Å². The van der Waals surface area contributed by atoms with Gasteiger partial charge in [-0.3, -0.25) is 4.79 Å². The quantitative estimate of drug-likeness (QED) is 0.772. The van der Waals surface area contributed by atoms with Gasteiger partial charge in [-0.25, -0.2) is 0 Å². The lowest BCUT2D eigenvalue weighted by molar-refractivity contribution is 0.0318. The van der Waals surface area contributed by atoms with E-state index >= 15 is 0 Å². The number of halogens is 1. The molecule has 1 heterocycles. The van der Waals surface area contributed by atoms with Crippen molar-refractivity contribution in [3.8, 4) is 0 Å². The van der Waals surface area contributed by atoms with Crippen molar-refractivity contribution < 1.29 is 9.53 Å². The zero-order chi connectivity index (χ0) is 15.1. The van der Waals surface area contributed by atoms with Crippen LogP contribution in [0.5, 0.6) is 0 Å². The largest absolute Gasteiger partial charge is 0.378 e. The van der Waals surface area contributed by atoms with Crippen LogP contribution in [0, 0.1) is 6.92 Å². The minimum Gasteiger partial charge on any atom is -0.378 e. The molecule has 1 fully saturated rings. The standard InChI is InChI=1S/C16H23BrN2O2/c1-12-3-4-13(11-15(12)17)16(20)19-7-2-10-21-14-5-8-18-9-6-14/h3-4,11,14,18H,2,5-10H2,1H3,(H,19,20). The number of piperidine rings is 1.